The maximum atomic E-state index is 12.6. The topological polar surface area (TPSA) is 84.9 Å². The molecule has 1 amide bonds. The molecule has 0 radical (unpaired) electrons. The third-order valence-electron chi connectivity index (χ3n) is 4.27. The number of anilines is 1. The van der Waals surface area contributed by atoms with Crippen LogP contribution in [0.25, 0.3) is 0 Å². The van der Waals surface area contributed by atoms with Crippen LogP contribution in [0.4, 0.5) is 5.69 Å². The summed E-state index contributed by atoms with van der Waals surface area (Å²) in [6, 6.07) is 13.3. The maximum absolute atomic E-state index is 12.6. The molecular formula is C20H26N2O5S. The summed E-state index contributed by atoms with van der Waals surface area (Å²) in [5.74, 6) is 0.906. The van der Waals surface area contributed by atoms with Gasteiger partial charge in [-0.05, 0) is 43.2 Å². The van der Waals surface area contributed by atoms with Crippen LogP contribution in [0.15, 0.2) is 48.5 Å². The third-order valence-corrected chi connectivity index (χ3v) is 5.51. The molecule has 28 heavy (non-hydrogen) atoms. The van der Waals surface area contributed by atoms with Crippen molar-refractivity contribution in [3.8, 4) is 11.5 Å². The Morgan fingerprint density at radius 2 is 1.71 bits per heavy atom. The third kappa shape index (κ3) is 5.63. The number of rotatable bonds is 9. The first kappa shape index (κ1) is 21.6. The standard InChI is InChI=1S/C20H26N2O5S/c1-15(20(23)21-13-12-16-8-10-18(26-2)11-9-16)22(28(4,24)25)17-6-5-7-19(14-17)27-3/h5-11,14-15H,12-13H2,1-4H3,(H,21,23). The number of carbonyl (C=O) groups excluding carboxylic acids is 1. The Morgan fingerprint density at radius 3 is 2.29 bits per heavy atom. The number of sulfonamides is 1. The van der Waals surface area contributed by atoms with Crippen molar-refractivity contribution < 1.29 is 22.7 Å². The van der Waals surface area contributed by atoms with E-state index in [1.807, 2.05) is 24.3 Å². The Balaban J connectivity index is 2.06. The number of methoxy groups -OCH3 is 2. The van der Waals surface area contributed by atoms with Gasteiger partial charge in [-0.15, -0.1) is 0 Å². The van der Waals surface area contributed by atoms with E-state index in [1.165, 1.54) is 7.11 Å². The smallest absolute Gasteiger partial charge is 0.243 e. The molecule has 1 atom stereocenters. The molecule has 0 aliphatic carbocycles. The van der Waals surface area contributed by atoms with E-state index in [-0.39, 0.29) is 5.91 Å². The zero-order valence-electron chi connectivity index (χ0n) is 16.5. The highest BCUT2D eigenvalue weighted by atomic mass is 32.2. The molecule has 0 aliphatic heterocycles. The maximum Gasteiger partial charge on any atom is 0.243 e. The number of ether oxygens (including phenoxy) is 2. The number of nitrogens with one attached hydrogen (secondary N) is 1. The fourth-order valence-corrected chi connectivity index (χ4v) is 3.99. The fraction of sp³-hybridized carbons (Fsp3) is 0.350. The summed E-state index contributed by atoms with van der Waals surface area (Å²) in [4.78, 5) is 12.6. The molecule has 0 spiro atoms. The Labute approximate surface area is 166 Å². The molecule has 0 saturated carbocycles. The minimum absolute atomic E-state index is 0.373. The van der Waals surface area contributed by atoms with Crippen LogP contribution in [0.5, 0.6) is 11.5 Å². The molecule has 0 aliphatic rings. The number of carbonyl (C=O) groups is 1. The van der Waals surface area contributed by atoms with Gasteiger partial charge >= 0.3 is 0 Å². The van der Waals surface area contributed by atoms with Crippen LogP contribution >= 0.6 is 0 Å². The predicted molar refractivity (Wildman–Crippen MR) is 109 cm³/mol. The Kier molecular flexibility index (Phi) is 7.28. The molecular weight excluding hydrogens is 380 g/mol. The molecule has 152 valence electrons. The molecule has 0 fully saturated rings. The SMILES string of the molecule is COc1ccc(CCNC(=O)C(C)N(c2cccc(OC)c2)S(C)(=O)=O)cc1. The minimum Gasteiger partial charge on any atom is -0.497 e. The molecule has 8 heteroatoms. The Morgan fingerprint density at radius 1 is 1.07 bits per heavy atom. The molecule has 7 nitrogen and oxygen atoms in total. The van der Waals surface area contributed by atoms with Gasteiger partial charge in [-0.2, -0.15) is 0 Å². The van der Waals surface area contributed by atoms with Crippen LogP contribution in [0.3, 0.4) is 0 Å². The van der Waals surface area contributed by atoms with Gasteiger partial charge in [0.2, 0.25) is 15.9 Å². The van der Waals surface area contributed by atoms with E-state index in [9.17, 15) is 13.2 Å². The Bertz CT molecular complexity index is 897. The molecule has 0 heterocycles. The second-order valence-electron chi connectivity index (χ2n) is 6.33. The van der Waals surface area contributed by atoms with E-state index < -0.39 is 16.1 Å². The number of benzene rings is 2. The van der Waals surface area contributed by atoms with E-state index in [4.69, 9.17) is 9.47 Å². The van der Waals surface area contributed by atoms with Crippen LogP contribution in [0.2, 0.25) is 0 Å². The van der Waals surface area contributed by atoms with Crippen molar-refractivity contribution in [2.45, 2.75) is 19.4 Å². The van der Waals surface area contributed by atoms with E-state index in [0.717, 1.165) is 21.9 Å². The summed E-state index contributed by atoms with van der Waals surface area (Å²) >= 11 is 0. The van der Waals surface area contributed by atoms with Crippen molar-refractivity contribution in [3.05, 3.63) is 54.1 Å². The quantitative estimate of drug-likeness (QED) is 0.690. The van der Waals surface area contributed by atoms with Crippen molar-refractivity contribution in [2.24, 2.45) is 0 Å². The molecule has 1 N–H and O–H groups in total. The molecule has 0 bridgehead atoms. The van der Waals surface area contributed by atoms with Gasteiger partial charge in [0, 0.05) is 12.6 Å². The van der Waals surface area contributed by atoms with Gasteiger partial charge in [-0.1, -0.05) is 18.2 Å². The van der Waals surface area contributed by atoms with Crippen molar-refractivity contribution >= 4 is 21.6 Å². The minimum atomic E-state index is -3.67. The molecule has 1 unspecified atom stereocenters. The van der Waals surface area contributed by atoms with Gasteiger partial charge in [0.05, 0.1) is 26.2 Å². The highest BCUT2D eigenvalue weighted by Gasteiger charge is 2.29. The lowest BCUT2D eigenvalue weighted by molar-refractivity contribution is -0.121. The van der Waals surface area contributed by atoms with Crippen LogP contribution in [0, 0.1) is 0 Å². The molecule has 2 aromatic carbocycles. The van der Waals surface area contributed by atoms with E-state index >= 15 is 0 Å². The summed E-state index contributed by atoms with van der Waals surface area (Å²) in [6.07, 6.45) is 1.70. The summed E-state index contributed by atoms with van der Waals surface area (Å²) < 4.78 is 36.0. The second kappa shape index (κ2) is 9.45. The van der Waals surface area contributed by atoms with E-state index in [0.29, 0.717) is 24.4 Å². The zero-order chi connectivity index (χ0) is 20.7. The average molecular weight is 407 g/mol. The van der Waals surface area contributed by atoms with Crippen molar-refractivity contribution in [3.63, 3.8) is 0 Å². The normalized spacial score (nSPS) is 12.1. The van der Waals surface area contributed by atoms with Crippen LogP contribution < -0.4 is 19.1 Å². The highest BCUT2D eigenvalue weighted by Crippen LogP contribution is 2.25. The van der Waals surface area contributed by atoms with E-state index in [2.05, 4.69) is 5.32 Å². The molecule has 2 rings (SSSR count). The number of amides is 1. The van der Waals surface area contributed by atoms with Gasteiger partial charge < -0.3 is 14.8 Å². The number of hydrogen-bond acceptors (Lipinski definition) is 5. The van der Waals surface area contributed by atoms with Crippen LogP contribution in [0.1, 0.15) is 12.5 Å². The molecule has 0 saturated heterocycles. The largest absolute Gasteiger partial charge is 0.497 e. The average Bonchev–Trinajstić information content (AvgIpc) is 2.67. The lowest BCUT2D eigenvalue weighted by atomic mass is 10.1. The Hall–Kier alpha value is -2.74. The van der Waals surface area contributed by atoms with Crippen LogP contribution in [-0.4, -0.2) is 47.4 Å². The van der Waals surface area contributed by atoms with Crippen molar-refractivity contribution in [2.75, 3.05) is 31.3 Å². The summed E-state index contributed by atoms with van der Waals surface area (Å²) in [5.41, 5.74) is 1.42. The first-order valence-electron chi connectivity index (χ1n) is 8.80. The van der Waals surface area contributed by atoms with Crippen molar-refractivity contribution in [1.29, 1.82) is 0 Å². The first-order chi connectivity index (χ1) is 13.3. The van der Waals surface area contributed by atoms with Gasteiger partial charge in [0.15, 0.2) is 0 Å². The molecule has 2 aromatic rings. The summed E-state index contributed by atoms with van der Waals surface area (Å²) in [7, 11) is -0.566. The zero-order valence-corrected chi connectivity index (χ0v) is 17.3. The van der Waals surface area contributed by atoms with Gasteiger partial charge in [0.1, 0.15) is 17.5 Å². The van der Waals surface area contributed by atoms with Gasteiger partial charge in [-0.25, -0.2) is 8.42 Å². The number of hydrogen-bond donors (Lipinski definition) is 1. The monoisotopic (exact) mass is 406 g/mol. The fourth-order valence-electron chi connectivity index (χ4n) is 2.83. The summed E-state index contributed by atoms with van der Waals surface area (Å²) in [5, 5.41) is 2.80. The van der Waals surface area contributed by atoms with Crippen LogP contribution in [-0.2, 0) is 21.2 Å². The van der Waals surface area contributed by atoms with Gasteiger partial charge in [-0.3, -0.25) is 9.10 Å². The predicted octanol–water partition coefficient (Wildman–Crippen LogP) is 2.22. The first-order valence-corrected chi connectivity index (χ1v) is 10.6. The summed E-state index contributed by atoms with van der Waals surface area (Å²) in [6.45, 7) is 1.95. The number of nitrogens with zero attached hydrogens (tertiary/aromatic N) is 1. The van der Waals surface area contributed by atoms with E-state index in [1.54, 1.807) is 38.3 Å². The lowest BCUT2D eigenvalue weighted by Gasteiger charge is -2.28. The van der Waals surface area contributed by atoms with Gasteiger partial charge in [0.25, 0.3) is 0 Å². The van der Waals surface area contributed by atoms with Crippen molar-refractivity contribution in [1.82, 2.24) is 5.32 Å². The second-order valence-corrected chi connectivity index (χ2v) is 8.18. The molecule has 0 aromatic heterocycles. The lowest BCUT2D eigenvalue weighted by Crippen LogP contribution is -2.48. The highest BCUT2D eigenvalue weighted by molar-refractivity contribution is 7.92.